The maximum absolute atomic E-state index is 13.2. The molecule has 0 N–H and O–H groups in total. The highest BCUT2D eigenvalue weighted by atomic mass is 16.7. The number of cyclic esters (lactones) is 1. The lowest BCUT2D eigenvalue weighted by Crippen LogP contribution is -2.31. The maximum Gasteiger partial charge on any atom is 0.315 e. The first-order valence-corrected chi connectivity index (χ1v) is 13.6. The third kappa shape index (κ3) is 4.30. The molecular formula is C33H28O8. The normalized spacial score (nSPS) is 20.2. The molecule has 1 saturated heterocycles. The van der Waals surface area contributed by atoms with E-state index in [1.54, 1.807) is 0 Å². The van der Waals surface area contributed by atoms with Crippen LogP contribution in [0.3, 0.4) is 0 Å². The Bertz CT molecular complexity index is 1660. The van der Waals surface area contributed by atoms with Crippen molar-refractivity contribution in [1.82, 2.24) is 0 Å². The Hall–Kier alpha value is -4.72. The molecule has 0 bridgehead atoms. The van der Waals surface area contributed by atoms with Gasteiger partial charge in [-0.05, 0) is 63.7 Å². The molecule has 0 spiro atoms. The van der Waals surface area contributed by atoms with Crippen molar-refractivity contribution in [3.63, 3.8) is 0 Å². The highest BCUT2D eigenvalue weighted by Gasteiger charge is 2.48. The summed E-state index contributed by atoms with van der Waals surface area (Å²) in [7, 11) is 3.03. The first kappa shape index (κ1) is 25.3. The molecule has 0 aromatic heterocycles. The van der Waals surface area contributed by atoms with E-state index in [2.05, 4.69) is 0 Å². The van der Waals surface area contributed by atoms with Crippen LogP contribution in [-0.4, -0.2) is 39.6 Å². The highest BCUT2D eigenvalue weighted by Crippen LogP contribution is 2.52. The summed E-state index contributed by atoms with van der Waals surface area (Å²) in [5.74, 6) is 0.849. The summed E-state index contributed by atoms with van der Waals surface area (Å²) in [4.78, 5) is 26.2. The van der Waals surface area contributed by atoms with Crippen molar-refractivity contribution in [1.29, 1.82) is 0 Å². The number of ether oxygens (including phenoxy) is 6. The molecule has 2 heterocycles. The zero-order valence-electron chi connectivity index (χ0n) is 22.7. The molecule has 41 heavy (non-hydrogen) atoms. The van der Waals surface area contributed by atoms with Gasteiger partial charge >= 0.3 is 11.9 Å². The average molecular weight is 553 g/mol. The van der Waals surface area contributed by atoms with E-state index < -0.39 is 5.97 Å². The van der Waals surface area contributed by atoms with Gasteiger partial charge in [0, 0.05) is 11.8 Å². The van der Waals surface area contributed by atoms with Gasteiger partial charge in [0.15, 0.2) is 23.0 Å². The van der Waals surface area contributed by atoms with Gasteiger partial charge < -0.3 is 28.4 Å². The van der Waals surface area contributed by atoms with E-state index in [9.17, 15) is 9.59 Å². The van der Waals surface area contributed by atoms with Gasteiger partial charge in [0.1, 0.15) is 0 Å². The lowest BCUT2D eigenvalue weighted by atomic mass is 9.67. The van der Waals surface area contributed by atoms with Crippen LogP contribution >= 0.6 is 0 Å². The molecule has 8 nitrogen and oxygen atoms in total. The summed E-state index contributed by atoms with van der Waals surface area (Å²) in [5.41, 5.74) is 3.72. The summed E-state index contributed by atoms with van der Waals surface area (Å²) in [6.07, 6.45) is 0.783. The van der Waals surface area contributed by atoms with E-state index in [1.807, 2.05) is 66.7 Å². The second-order valence-electron chi connectivity index (χ2n) is 10.5. The third-order valence-electron chi connectivity index (χ3n) is 8.30. The van der Waals surface area contributed by atoms with Crippen molar-refractivity contribution in [2.24, 2.45) is 11.8 Å². The van der Waals surface area contributed by atoms with E-state index in [0.29, 0.717) is 36.0 Å². The van der Waals surface area contributed by atoms with Crippen molar-refractivity contribution < 1.29 is 38.0 Å². The summed E-state index contributed by atoms with van der Waals surface area (Å²) in [6.45, 7) is 0.532. The minimum absolute atomic E-state index is 0.0237. The molecule has 0 saturated carbocycles. The number of fused-ring (bicyclic) bond motifs is 4. The van der Waals surface area contributed by atoms with E-state index in [4.69, 9.17) is 28.4 Å². The fourth-order valence-corrected chi connectivity index (χ4v) is 6.44. The van der Waals surface area contributed by atoms with Gasteiger partial charge in [-0.15, -0.1) is 0 Å². The summed E-state index contributed by atoms with van der Waals surface area (Å²) < 4.78 is 34.1. The van der Waals surface area contributed by atoms with Gasteiger partial charge in [0.2, 0.25) is 12.5 Å². The topological polar surface area (TPSA) is 89.5 Å². The molecule has 7 rings (SSSR count). The Kier molecular flexibility index (Phi) is 6.18. The van der Waals surface area contributed by atoms with E-state index in [-0.39, 0.29) is 42.7 Å². The molecule has 208 valence electrons. The monoisotopic (exact) mass is 552 g/mol. The minimum Gasteiger partial charge on any atom is -0.493 e. The van der Waals surface area contributed by atoms with Crippen molar-refractivity contribution in [2.75, 3.05) is 27.6 Å². The molecule has 1 fully saturated rings. The summed E-state index contributed by atoms with van der Waals surface area (Å²) in [5, 5.41) is 2.05. The standard InChI is InChI=1S/C33H28O8/c1-36-27-12-21(30-24-15-26-25(39-17-40-26)11-20(24)10-22-16-38-33(35)31(22)30)13-28(37-2)32(27)41-29(34)14-19-8-5-7-18-6-3-4-9-23(18)19/h3-9,11-13,15,22,30-31H,10,14,16-17H2,1-2H3/t22-,30+,31-/m0/s1. The first-order valence-electron chi connectivity index (χ1n) is 13.6. The second kappa shape index (κ2) is 10.0. The fraction of sp³-hybridized carbons (Fsp3) is 0.273. The van der Waals surface area contributed by atoms with Crippen LogP contribution in [0.1, 0.15) is 28.2 Å². The molecule has 3 atom stereocenters. The molecule has 1 aliphatic carbocycles. The van der Waals surface area contributed by atoms with E-state index in [0.717, 1.165) is 33.0 Å². The highest BCUT2D eigenvalue weighted by molar-refractivity contribution is 5.89. The van der Waals surface area contributed by atoms with Crippen LogP contribution in [0.15, 0.2) is 66.7 Å². The quantitative estimate of drug-likeness (QED) is 0.238. The third-order valence-corrected chi connectivity index (χ3v) is 8.30. The number of methoxy groups -OCH3 is 2. The molecule has 4 aromatic rings. The summed E-state index contributed by atoms with van der Waals surface area (Å²) >= 11 is 0. The van der Waals surface area contributed by atoms with Crippen molar-refractivity contribution in [3.05, 3.63) is 89.0 Å². The molecular weight excluding hydrogens is 524 g/mol. The number of carbonyl (C=O) groups is 2. The Balaban J connectivity index is 1.26. The van der Waals surface area contributed by atoms with Crippen LogP contribution in [0, 0.1) is 11.8 Å². The Labute approximate surface area is 236 Å². The van der Waals surface area contributed by atoms with Gasteiger partial charge in [-0.25, -0.2) is 0 Å². The maximum atomic E-state index is 13.2. The fourth-order valence-electron chi connectivity index (χ4n) is 6.44. The van der Waals surface area contributed by atoms with Crippen LogP contribution in [0.4, 0.5) is 0 Å². The predicted octanol–water partition coefficient (Wildman–Crippen LogP) is 5.21. The van der Waals surface area contributed by atoms with Gasteiger partial charge in [-0.1, -0.05) is 42.5 Å². The van der Waals surface area contributed by atoms with E-state index in [1.165, 1.54) is 14.2 Å². The summed E-state index contributed by atoms with van der Waals surface area (Å²) in [6, 6.07) is 21.4. The average Bonchev–Trinajstić information content (AvgIpc) is 3.60. The van der Waals surface area contributed by atoms with Gasteiger partial charge in [0.25, 0.3) is 0 Å². The number of hydrogen-bond acceptors (Lipinski definition) is 8. The lowest BCUT2D eigenvalue weighted by molar-refractivity contribution is -0.141. The van der Waals surface area contributed by atoms with Crippen LogP contribution in [0.5, 0.6) is 28.7 Å². The molecule has 3 aliphatic rings. The number of rotatable bonds is 6. The largest absolute Gasteiger partial charge is 0.493 e. The van der Waals surface area contributed by atoms with E-state index >= 15 is 0 Å². The Morgan fingerprint density at radius 2 is 1.63 bits per heavy atom. The van der Waals surface area contributed by atoms with Crippen LogP contribution < -0.4 is 23.7 Å². The van der Waals surface area contributed by atoms with Crippen LogP contribution in [0.2, 0.25) is 0 Å². The second-order valence-corrected chi connectivity index (χ2v) is 10.5. The van der Waals surface area contributed by atoms with Crippen molar-refractivity contribution >= 4 is 22.7 Å². The van der Waals surface area contributed by atoms with Crippen molar-refractivity contribution in [2.45, 2.75) is 18.8 Å². The molecule has 0 amide bonds. The molecule has 8 heteroatoms. The molecule has 2 aliphatic heterocycles. The smallest absolute Gasteiger partial charge is 0.315 e. The number of carbonyl (C=O) groups excluding carboxylic acids is 2. The van der Waals surface area contributed by atoms with Gasteiger partial charge in [-0.2, -0.15) is 0 Å². The van der Waals surface area contributed by atoms with Crippen LogP contribution in [-0.2, 0) is 27.2 Å². The predicted molar refractivity (Wildman–Crippen MR) is 149 cm³/mol. The lowest BCUT2D eigenvalue weighted by Gasteiger charge is -2.34. The zero-order valence-corrected chi connectivity index (χ0v) is 22.7. The number of esters is 2. The Morgan fingerprint density at radius 1 is 0.902 bits per heavy atom. The number of hydrogen-bond donors (Lipinski definition) is 0. The van der Waals surface area contributed by atoms with Crippen molar-refractivity contribution in [3.8, 4) is 28.7 Å². The van der Waals surface area contributed by atoms with Gasteiger partial charge in [-0.3, -0.25) is 9.59 Å². The van der Waals surface area contributed by atoms with Gasteiger partial charge in [0.05, 0.1) is 33.2 Å². The first-order chi connectivity index (χ1) is 20.0. The minimum atomic E-state index is -0.444. The zero-order chi connectivity index (χ0) is 28.1. The Morgan fingerprint density at radius 3 is 2.41 bits per heavy atom. The SMILES string of the molecule is COc1cc([C@@H]2c3cc4c(cc3C[C@H]3COC(=O)[C@@H]32)OCO4)cc(OC)c1OC(=O)Cc1cccc2ccccc12. The van der Waals surface area contributed by atoms with Crippen LogP contribution in [0.25, 0.3) is 10.8 Å². The molecule has 4 aromatic carbocycles. The molecule has 0 radical (unpaired) electrons. The number of benzene rings is 4. The molecule has 0 unspecified atom stereocenters.